The fourth-order valence-electron chi connectivity index (χ4n) is 2.90. The first-order valence-corrected chi connectivity index (χ1v) is 10.7. The van der Waals surface area contributed by atoms with Gasteiger partial charge in [0, 0.05) is 16.9 Å². The fraction of sp³-hybridized carbons (Fsp3) is 0.130. The molecule has 0 bridgehead atoms. The van der Waals surface area contributed by atoms with Gasteiger partial charge in [-0.3, -0.25) is 9.52 Å². The Morgan fingerprint density at radius 2 is 1.57 bits per heavy atom. The normalized spacial score (nSPS) is 10.8. The standard InChI is InChI=1S/C23H21N3O3S/c1-16-3-4-17(2)22(15-16)30(28,29)26-21-11-7-19(8-12-21)23(27)25-20-9-5-18(6-10-20)13-14-24/h3-12,15,26H,13H2,1-2H3,(H,25,27). The van der Waals surface area contributed by atoms with Gasteiger partial charge in [-0.25, -0.2) is 8.42 Å². The van der Waals surface area contributed by atoms with Crippen molar-refractivity contribution in [1.29, 1.82) is 5.26 Å². The molecule has 1 amide bonds. The maximum atomic E-state index is 12.7. The Morgan fingerprint density at radius 3 is 2.20 bits per heavy atom. The van der Waals surface area contributed by atoms with Crippen LogP contribution in [0.4, 0.5) is 11.4 Å². The zero-order valence-electron chi connectivity index (χ0n) is 16.6. The molecule has 0 spiro atoms. The smallest absolute Gasteiger partial charge is 0.262 e. The van der Waals surface area contributed by atoms with Crippen LogP contribution in [-0.4, -0.2) is 14.3 Å². The van der Waals surface area contributed by atoms with Gasteiger partial charge in [0.15, 0.2) is 0 Å². The highest BCUT2D eigenvalue weighted by Crippen LogP contribution is 2.21. The lowest BCUT2D eigenvalue weighted by Crippen LogP contribution is -2.15. The van der Waals surface area contributed by atoms with Crippen molar-refractivity contribution in [2.75, 3.05) is 10.0 Å². The van der Waals surface area contributed by atoms with Crippen molar-refractivity contribution < 1.29 is 13.2 Å². The summed E-state index contributed by atoms with van der Waals surface area (Å²) in [7, 11) is -3.73. The SMILES string of the molecule is Cc1ccc(C)c(S(=O)(=O)Nc2ccc(C(=O)Nc3ccc(CC#N)cc3)cc2)c1. The molecule has 2 N–H and O–H groups in total. The zero-order chi connectivity index (χ0) is 21.7. The van der Waals surface area contributed by atoms with Crippen molar-refractivity contribution >= 4 is 27.3 Å². The van der Waals surface area contributed by atoms with Gasteiger partial charge in [0.1, 0.15) is 0 Å². The molecule has 0 saturated heterocycles. The third kappa shape index (κ3) is 5.04. The predicted octanol–water partition coefficient (Wildman–Crippen LogP) is 4.42. The van der Waals surface area contributed by atoms with Gasteiger partial charge >= 0.3 is 0 Å². The van der Waals surface area contributed by atoms with Gasteiger partial charge in [0.25, 0.3) is 15.9 Å². The highest BCUT2D eigenvalue weighted by molar-refractivity contribution is 7.92. The molecule has 0 unspecified atom stereocenters. The van der Waals surface area contributed by atoms with Crippen molar-refractivity contribution in [3.63, 3.8) is 0 Å². The van der Waals surface area contributed by atoms with Gasteiger partial charge in [0.2, 0.25) is 0 Å². The lowest BCUT2D eigenvalue weighted by molar-refractivity contribution is 0.102. The largest absolute Gasteiger partial charge is 0.322 e. The van der Waals surface area contributed by atoms with E-state index in [-0.39, 0.29) is 10.8 Å². The fourth-order valence-corrected chi connectivity index (χ4v) is 4.29. The van der Waals surface area contributed by atoms with E-state index in [4.69, 9.17) is 5.26 Å². The average molecular weight is 420 g/mol. The van der Waals surface area contributed by atoms with Crippen molar-refractivity contribution in [3.05, 3.63) is 89.0 Å². The van der Waals surface area contributed by atoms with Gasteiger partial charge in [-0.15, -0.1) is 0 Å². The topological polar surface area (TPSA) is 99.1 Å². The molecule has 7 heteroatoms. The molecule has 0 aliphatic carbocycles. The minimum Gasteiger partial charge on any atom is -0.322 e. The van der Waals surface area contributed by atoms with Crippen LogP contribution in [0.3, 0.4) is 0 Å². The van der Waals surface area contributed by atoms with Crippen molar-refractivity contribution in [2.24, 2.45) is 0 Å². The quantitative estimate of drug-likeness (QED) is 0.618. The van der Waals surface area contributed by atoms with Gasteiger partial charge in [-0.2, -0.15) is 5.26 Å². The number of anilines is 2. The molecule has 0 aromatic heterocycles. The monoisotopic (exact) mass is 419 g/mol. The first-order valence-electron chi connectivity index (χ1n) is 9.26. The predicted molar refractivity (Wildman–Crippen MR) is 117 cm³/mol. The molecule has 152 valence electrons. The van der Waals surface area contributed by atoms with Crippen molar-refractivity contribution in [2.45, 2.75) is 25.2 Å². The molecule has 0 fully saturated rings. The molecule has 0 aliphatic rings. The van der Waals surface area contributed by atoms with Crippen LogP contribution >= 0.6 is 0 Å². The second-order valence-corrected chi connectivity index (χ2v) is 8.59. The Hall–Kier alpha value is -3.63. The molecule has 0 saturated carbocycles. The number of rotatable bonds is 6. The Bertz CT molecular complexity index is 1210. The highest BCUT2D eigenvalue weighted by atomic mass is 32.2. The van der Waals surface area contributed by atoms with Crippen molar-refractivity contribution in [1.82, 2.24) is 0 Å². The molecule has 0 atom stereocenters. The zero-order valence-corrected chi connectivity index (χ0v) is 17.5. The number of aryl methyl sites for hydroxylation is 2. The van der Waals surface area contributed by atoms with Gasteiger partial charge < -0.3 is 5.32 Å². The van der Waals surface area contributed by atoms with Crippen LogP contribution in [0.5, 0.6) is 0 Å². The van der Waals surface area contributed by atoms with Crippen LogP contribution in [0.2, 0.25) is 0 Å². The Balaban J connectivity index is 1.70. The number of hydrogen-bond acceptors (Lipinski definition) is 4. The number of nitrogens with one attached hydrogen (secondary N) is 2. The van der Waals surface area contributed by atoms with Crippen LogP contribution in [0, 0.1) is 25.2 Å². The highest BCUT2D eigenvalue weighted by Gasteiger charge is 2.17. The molecule has 0 radical (unpaired) electrons. The molecule has 30 heavy (non-hydrogen) atoms. The van der Waals surface area contributed by atoms with E-state index in [2.05, 4.69) is 16.1 Å². The summed E-state index contributed by atoms with van der Waals surface area (Å²) in [5, 5.41) is 11.5. The van der Waals surface area contributed by atoms with Gasteiger partial charge in [-0.1, -0.05) is 24.3 Å². The van der Waals surface area contributed by atoms with Crippen LogP contribution < -0.4 is 10.0 Å². The van der Waals surface area contributed by atoms with E-state index in [0.29, 0.717) is 28.9 Å². The van der Waals surface area contributed by atoms with E-state index in [1.165, 1.54) is 0 Å². The van der Waals surface area contributed by atoms with E-state index < -0.39 is 10.0 Å². The van der Waals surface area contributed by atoms with Gasteiger partial charge in [-0.05, 0) is 73.0 Å². The van der Waals surface area contributed by atoms with E-state index in [1.807, 2.05) is 13.0 Å². The molecular weight excluding hydrogens is 398 g/mol. The molecule has 3 rings (SSSR count). The third-order valence-electron chi connectivity index (χ3n) is 4.53. The Labute approximate surface area is 176 Å². The molecule has 0 aliphatic heterocycles. The minimum absolute atomic E-state index is 0.226. The number of hydrogen-bond donors (Lipinski definition) is 2. The van der Waals surface area contributed by atoms with Crippen LogP contribution in [0.1, 0.15) is 27.0 Å². The molecule has 3 aromatic carbocycles. The van der Waals surface area contributed by atoms with Crippen LogP contribution in [0.25, 0.3) is 0 Å². The molecule has 0 heterocycles. The Morgan fingerprint density at radius 1 is 0.933 bits per heavy atom. The number of carbonyl (C=O) groups is 1. The van der Waals surface area contributed by atoms with Gasteiger partial charge in [0.05, 0.1) is 17.4 Å². The second-order valence-electron chi connectivity index (χ2n) is 6.94. The number of nitriles is 1. The molecular formula is C23H21N3O3S. The summed E-state index contributed by atoms with van der Waals surface area (Å²) in [6.07, 6.45) is 0.313. The molecule has 6 nitrogen and oxygen atoms in total. The summed E-state index contributed by atoms with van der Waals surface area (Å²) in [5.41, 5.74) is 3.76. The Kier molecular flexibility index (Phi) is 6.19. The number of carbonyl (C=O) groups excluding carboxylic acids is 1. The summed E-state index contributed by atoms with van der Waals surface area (Å²) in [6, 6.07) is 20.6. The lowest BCUT2D eigenvalue weighted by Gasteiger charge is -2.12. The maximum Gasteiger partial charge on any atom is 0.262 e. The first-order chi connectivity index (χ1) is 14.3. The van der Waals surface area contributed by atoms with E-state index in [1.54, 1.807) is 67.6 Å². The third-order valence-corrected chi connectivity index (χ3v) is 6.05. The maximum absolute atomic E-state index is 12.7. The van der Waals surface area contributed by atoms with E-state index in [9.17, 15) is 13.2 Å². The van der Waals surface area contributed by atoms with E-state index in [0.717, 1.165) is 11.1 Å². The average Bonchev–Trinajstić information content (AvgIpc) is 2.71. The molecule has 3 aromatic rings. The van der Waals surface area contributed by atoms with Crippen molar-refractivity contribution in [3.8, 4) is 6.07 Å². The number of nitrogens with zero attached hydrogens (tertiary/aromatic N) is 1. The number of amides is 1. The number of benzene rings is 3. The van der Waals surface area contributed by atoms with Crippen LogP contribution in [-0.2, 0) is 16.4 Å². The minimum atomic E-state index is -3.73. The summed E-state index contributed by atoms with van der Waals surface area (Å²) in [5.74, 6) is -0.313. The summed E-state index contributed by atoms with van der Waals surface area (Å²) in [4.78, 5) is 12.6. The summed E-state index contributed by atoms with van der Waals surface area (Å²) >= 11 is 0. The summed E-state index contributed by atoms with van der Waals surface area (Å²) in [6.45, 7) is 3.58. The lowest BCUT2D eigenvalue weighted by atomic mass is 10.1. The van der Waals surface area contributed by atoms with E-state index >= 15 is 0 Å². The van der Waals surface area contributed by atoms with Crippen LogP contribution in [0.15, 0.2) is 71.6 Å². The first kappa shape index (κ1) is 21.1. The summed E-state index contributed by atoms with van der Waals surface area (Å²) < 4.78 is 27.9. The second kappa shape index (κ2) is 8.80. The number of sulfonamides is 1.